The number of anilines is 1. The van der Waals surface area contributed by atoms with Crippen molar-refractivity contribution in [3.8, 4) is 0 Å². The molecule has 2 N–H and O–H groups in total. The topological polar surface area (TPSA) is 50.4 Å². The fraction of sp³-hybridized carbons (Fsp3) is 0.462. The minimum atomic E-state index is -0.464. The molecule has 1 amide bonds. The van der Waals surface area contributed by atoms with Crippen LogP contribution in [0.5, 0.6) is 0 Å². The second-order valence-corrected chi connectivity index (χ2v) is 5.04. The highest BCUT2D eigenvalue weighted by Crippen LogP contribution is 2.28. The molecule has 18 heavy (non-hydrogen) atoms. The molecular formula is C13H17ClN2O2. The van der Waals surface area contributed by atoms with E-state index in [1.54, 1.807) is 31.4 Å². The van der Waals surface area contributed by atoms with Crippen LogP contribution in [0.3, 0.4) is 0 Å². The van der Waals surface area contributed by atoms with Crippen molar-refractivity contribution < 1.29 is 9.53 Å². The molecule has 4 nitrogen and oxygen atoms in total. The second kappa shape index (κ2) is 5.69. The van der Waals surface area contributed by atoms with Gasteiger partial charge in [-0.2, -0.15) is 0 Å². The first-order valence-electron chi connectivity index (χ1n) is 5.93. The Morgan fingerprint density at radius 2 is 2.22 bits per heavy atom. The summed E-state index contributed by atoms with van der Waals surface area (Å²) in [4.78, 5) is 12.3. The molecule has 0 radical (unpaired) electrons. The number of hydrogen-bond donors (Lipinski definition) is 2. The third-order valence-electron chi connectivity index (χ3n) is 3.25. The lowest BCUT2D eigenvalue weighted by molar-refractivity contribution is -0.127. The molecular weight excluding hydrogens is 252 g/mol. The van der Waals surface area contributed by atoms with Gasteiger partial charge in [-0.1, -0.05) is 11.6 Å². The maximum atomic E-state index is 12.3. The SMILES string of the molecule is COCC1(C(=O)Nc2ccc(Cl)cc2)CCNC1. The predicted octanol–water partition coefficient (Wildman–Crippen LogP) is 1.90. The summed E-state index contributed by atoms with van der Waals surface area (Å²) >= 11 is 5.81. The zero-order chi connectivity index (χ0) is 13.0. The van der Waals surface area contributed by atoms with Gasteiger partial charge in [0.05, 0.1) is 12.0 Å². The molecule has 2 rings (SSSR count). The molecule has 5 heteroatoms. The first kappa shape index (κ1) is 13.3. The maximum Gasteiger partial charge on any atom is 0.234 e. The van der Waals surface area contributed by atoms with Crippen LogP contribution >= 0.6 is 11.6 Å². The van der Waals surface area contributed by atoms with E-state index in [4.69, 9.17) is 16.3 Å². The Morgan fingerprint density at radius 1 is 1.50 bits per heavy atom. The van der Waals surface area contributed by atoms with Crippen LogP contribution in [0, 0.1) is 5.41 Å². The highest BCUT2D eigenvalue weighted by atomic mass is 35.5. The normalized spacial score (nSPS) is 23.0. The molecule has 1 unspecified atom stereocenters. The van der Waals surface area contributed by atoms with Gasteiger partial charge in [0.2, 0.25) is 5.91 Å². The lowest BCUT2D eigenvalue weighted by Crippen LogP contribution is -2.41. The van der Waals surface area contributed by atoms with Crippen molar-refractivity contribution in [1.82, 2.24) is 5.32 Å². The Labute approximate surface area is 112 Å². The molecule has 1 aliphatic heterocycles. The van der Waals surface area contributed by atoms with Gasteiger partial charge in [0.15, 0.2) is 0 Å². The minimum Gasteiger partial charge on any atom is -0.384 e. The van der Waals surface area contributed by atoms with Crippen LogP contribution in [-0.2, 0) is 9.53 Å². The molecule has 1 aromatic carbocycles. The van der Waals surface area contributed by atoms with E-state index in [2.05, 4.69) is 10.6 Å². The zero-order valence-electron chi connectivity index (χ0n) is 10.3. The molecule has 98 valence electrons. The number of benzene rings is 1. The Kier molecular flexibility index (Phi) is 4.22. The fourth-order valence-corrected chi connectivity index (χ4v) is 2.33. The Morgan fingerprint density at radius 3 is 2.78 bits per heavy atom. The predicted molar refractivity (Wildman–Crippen MR) is 71.9 cm³/mol. The molecule has 0 spiro atoms. The van der Waals surface area contributed by atoms with Crippen LogP contribution in [0.2, 0.25) is 5.02 Å². The minimum absolute atomic E-state index is 0.00308. The van der Waals surface area contributed by atoms with Gasteiger partial charge in [0.1, 0.15) is 0 Å². The Bertz CT molecular complexity index is 414. The number of carbonyl (C=O) groups is 1. The number of carbonyl (C=O) groups excluding carboxylic acids is 1. The van der Waals surface area contributed by atoms with Crippen LogP contribution in [0.1, 0.15) is 6.42 Å². The molecule has 1 aromatic rings. The van der Waals surface area contributed by atoms with Crippen molar-refractivity contribution >= 4 is 23.2 Å². The zero-order valence-corrected chi connectivity index (χ0v) is 11.1. The molecule has 1 aliphatic rings. The molecule has 1 saturated heterocycles. The number of nitrogens with one attached hydrogen (secondary N) is 2. The molecule has 0 aromatic heterocycles. The molecule has 1 atom stereocenters. The molecule has 0 aliphatic carbocycles. The number of halogens is 1. The third-order valence-corrected chi connectivity index (χ3v) is 3.50. The van der Waals surface area contributed by atoms with E-state index in [9.17, 15) is 4.79 Å². The summed E-state index contributed by atoms with van der Waals surface area (Å²) in [6.45, 7) is 1.93. The van der Waals surface area contributed by atoms with Crippen LogP contribution < -0.4 is 10.6 Å². The number of ether oxygens (including phenoxy) is 1. The van der Waals surface area contributed by atoms with Gasteiger partial charge in [0.25, 0.3) is 0 Å². The van der Waals surface area contributed by atoms with Gasteiger partial charge in [-0.05, 0) is 37.2 Å². The lowest BCUT2D eigenvalue weighted by atomic mass is 9.87. The third kappa shape index (κ3) is 2.83. The molecule has 1 fully saturated rings. The second-order valence-electron chi connectivity index (χ2n) is 4.60. The van der Waals surface area contributed by atoms with E-state index in [1.165, 1.54) is 0 Å². The smallest absolute Gasteiger partial charge is 0.234 e. The monoisotopic (exact) mass is 268 g/mol. The lowest BCUT2D eigenvalue weighted by Gasteiger charge is -2.25. The van der Waals surface area contributed by atoms with Gasteiger partial charge in [0, 0.05) is 24.4 Å². The number of rotatable bonds is 4. The van der Waals surface area contributed by atoms with E-state index in [-0.39, 0.29) is 5.91 Å². The quantitative estimate of drug-likeness (QED) is 0.877. The van der Waals surface area contributed by atoms with Crippen molar-refractivity contribution in [1.29, 1.82) is 0 Å². The van der Waals surface area contributed by atoms with E-state index in [0.717, 1.165) is 18.7 Å². The summed E-state index contributed by atoms with van der Waals surface area (Å²) in [5.74, 6) is -0.00308. The van der Waals surface area contributed by atoms with E-state index >= 15 is 0 Å². The Hall–Kier alpha value is -1.10. The van der Waals surface area contributed by atoms with Crippen molar-refractivity contribution in [2.45, 2.75) is 6.42 Å². The molecule has 0 saturated carbocycles. The highest BCUT2D eigenvalue weighted by molar-refractivity contribution is 6.30. The average Bonchev–Trinajstić information content (AvgIpc) is 2.82. The van der Waals surface area contributed by atoms with Gasteiger partial charge < -0.3 is 15.4 Å². The van der Waals surface area contributed by atoms with Gasteiger partial charge in [-0.15, -0.1) is 0 Å². The first-order chi connectivity index (χ1) is 8.66. The maximum absolute atomic E-state index is 12.3. The van der Waals surface area contributed by atoms with E-state index < -0.39 is 5.41 Å². The summed E-state index contributed by atoms with van der Waals surface area (Å²) in [5, 5.41) is 6.79. The summed E-state index contributed by atoms with van der Waals surface area (Å²) in [6, 6.07) is 7.10. The number of amides is 1. The largest absolute Gasteiger partial charge is 0.384 e. The van der Waals surface area contributed by atoms with Gasteiger partial charge in [-0.3, -0.25) is 4.79 Å². The highest BCUT2D eigenvalue weighted by Gasteiger charge is 2.41. The van der Waals surface area contributed by atoms with E-state index in [0.29, 0.717) is 18.2 Å². The number of hydrogen-bond acceptors (Lipinski definition) is 3. The summed E-state index contributed by atoms with van der Waals surface area (Å²) in [7, 11) is 1.62. The fourth-order valence-electron chi connectivity index (χ4n) is 2.20. The summed E-state index contributed by atoms with van der Waals surface area (Å²) in [5.41, 5.74) is 0.292. The van der Waals surface area contributed by atoms with Gasteiger partial charge >= 0.3 is 0 Å². The first-order valence-corrected chi connectivity index (χ1v) is 6.31. The molecule has 0 bridgehead atoms. The van der Waals surface area contributed by atoms with Crippen LogP contribution in [0.4, 0.5) is 5.69 Å². The van der Waals surface area contributed by atoms with Crippen molar-refractivity contribution in [3.63, 3.8) is 0 Å². The van der Waals surface area contributed by atoms with Crippen molar-refractivity contribution in [2.24, 2.45) is 5.41 Å². The van der Waals surface area contributed by atoms with Gasteiger partial charge in [-0.25, -0.2) is 0 Å². The van der Waals surface area contributed by atoms with Crippen LogP contribution in [0.25, 0.3) is 0 Å². The Balaban J connectivity index is 2.07. The molecule has 1 heterocycles. The van der Waals surface area contributed by atoms with Crippen molar-refractivity contribution in [2.75, 3.05) is 32.1 Å². The summed E-state index contributed by atoms with van der Waals surface area (Å²) in [6.07, 6.45) is 0.792. The van der Waals surface area contributed by atoms with Crippen molar-refractivity contribution in [3.05, 3.63) is 29.3 Å². The summed E-state index contributed by atoms with van der Waals surface area (Å²) < 4.78 is 5.19. The van der Waals surface area contributed by atoms with Crippen LogP contribution in [0.15, 0.2) is 24.3 Å². The van der Waals surface area contributed by atoms with Crippen LogP contribution in [-0.4, -0.2) is 32.7 Å². The van der Waals surface area contributed by atoms with E-state index in [1.807, 2.05) is 0 Å². The standard InChI is InChI=1S/C13H17ClN2O2/c1-18-9-13(6-7-15-8-13)12(17)16-11-4-2-10(14)3-5-11/h2-5,15H,6-9H2,1H3,(H,16,17). The number of methoxy groups -OCH3 is 1. The average molecular weight is 269 g/mol.